The van der Waals surface area contributed by atoms with E-state index in [1.807, 2.05) is 6.92 Å². The van der Waals surface area contributed by atoms with Crippen molar-refractivity contribution < 1.29 is 14.3 Å². The maximum Gasteiger partial charge on any atom is 0.323 e. The Morgan fingerprint density at radius 2 is 2.21 bits per heavy atom. The smallest absolute Gasteiger partial charge is 0.323 e. The van der Waals surface area contributed by atoms with Crippen LogP contribution in [0.2, 0.25) is 0 Å². The number of morpholine rings is 1. The van der Waals surface area contributed by atoms with Gasteiger partial charge in [-0.3, -0.25) is 5.32 Å². The van der Waals surface area contributed by atoms with E-state index in [0.717, 1.165) is 12.1 Å². The number of aromatic nitrogens is 1. The van der Waals surface area contributed by atoms with E-state index in [1.165, 1.54) is 4.88 Å². The van der Waals surface area contributed by atoms with Crippen LogP contribution in [0.5, 0.6) is 0 Å². The van der Waals surface area contributed by atoms with Gasteiger partial charge in [-0.2, -0.15) is 0 Å². The number of hydrogen-bond acceptors (Lipinski definition) is 5. The first-order valence-corrected chi connectivity index (χ1v) is 9.42. The monoisotopic (exact) mass is 355 g/mol. The van der Waals surface area contributed by atoms with Crippen LogP contribution in [0.1, 0.15) is 45.2 Å². The Balaban J connectivity index is 2.00. The van der Waals surface area contributed by atoms with Crippen molar-refractivity contribution in [3.8, 4) is 0 Å². The van der Waals surface area contributed by atoms with Gasteiger partial charge in [0.05, 0.1) is 31.6 Å². The van der Waals surface area contributed by atoms with Crippen LogP contribution in [0, 0.1) is 0 Å². The molecule has 1 aliphatic heterocycles. The summed E-state index contributed by atoms with van der Waals surface area (Å²) in [6.45, 7) is 13.4. The topological polar surface area (TPSA) is 63.7 Å². The van der Waals surface area contributed by atoms with Crippen LogP contribution in [0.15, 0.2) is 0 Å². The molecule has 0 aromatic carbocycles. The van der Waals surface area contributed by atoms with E-state index in [0.29, 0.717) is 38.0 Å². The molecule has 1 atom stereocenters. The minimum atomic E-state index is -0.114. The maximum absolute atomic E-state index is 12.5. The summed E-state index contributed by atoms with van der Waals surface area (Å²) in [5, 5.41) is 3.63. The highest BCUT2D eigenvalue weighted by atomic mass is 32.1. The quantitative estimate of drug-likeness (QED) is 0.880. The van der Waals surface area contributed by atoms with Crippen LogP contribution in [-0.2, 0) is 21.3 Å². The highest BCUT2D eigenvalue weighted by Gasteiger charge is 2.27. The zero-order valence-corrected chi connectivity index (χ0v) is 16.2. The average molecular weight is 356 g/mol. The lowest BCUT2D eigenvalue weighted by molar-refractivity contribution is -0.0555. The van der Waals surface area contributed by atoms with Gasteiger partial charge >= 0.3 is 6.03 Å². The van der Waals surface area contributed by atoms with Gasteiger partial charge in [0.25, 0.3) is 0 Å². The summed E-state index contributed by atoms with van der Waals surface area (Å²) >= 11 is 1.57. The molecule has 6 nitrogen and oxygen atoms in total. The third-order valence-corrected chi connectivity index (χ3v) is 5.30. The van der Waals surface area contributed by atoms with Crippen molar-refractivity contribution in [2.45, 2.75) is 52.6 Å². The van der Waals surface area contributed by atoms with Crippen LogP contribution in [0.4, 0.5) is 9.93 Å². The zero-order chi connectivity index (χ0) is 17.7. The summed E-state index contributed by atoms with van der Waals surface area (Å²) in [5.41, 5.74) is 1.10. The Morgan fingerprint density at radius 1 is 1.46 bits per heavy atom. The molecule has 0 aliphatic carbocycles. The normalized spacial score (nSPS) is 18.7. The third kappa shape index (κ3) is 4.91. The first-order valence-electron chi connectivity index (χ1n) is 8.60. The van der Waals surface area contributed by atoms with E-state index in [9.17, 15) is 4.79 Å². The summed E-state index contributed by atoms with van der Waals surface area (Å²) in [7, 11) is 0. The molecule has 1 aliphatic rings. The van der Waals surface area contributed by atoms with Crippen molar-refractivity contribution in [3.05, 3.63) is 10.6 Å². The number of thiazole rings is 1. The Bertz CT molecular complexity index is 554. The lowest BCUT2D eigenvalue weighted by atomic mass is 9.93. The minimum absolute atomic E-state index is 0.0353. The summed E-state index contributed by atoms with van der Waals surface area (Å²) in [6.07, 6.45) is 0.810. The summed E-state index contributed by atoms with van der Waals surface area (Å²) in [4.78, 5) is 20.1. The largest absolute Gasteiger partial charge is 0.379 e. The fraction of sp³-hybridized carbons (Fsp3) is 0.765. The maximum atomic E-state index is 12.5. The number of carbonyl (C=O) groups is 1. The number of nitrogens with one attached hydrogen (secondary N) is 1. The number of aryl methyl sites for hydroxylation is 1. The fourth-order valence-corrected chi connectivity index (χ4v) is 3.76. The number of rotatable bonds is 5. The summed E-state index contributed by atoms with van der Waals surface area (Å²) in [5.74, 6) is 0. The Kier molecular flexibility index (Phi) is 6.60. The molecule has 136 valence electrons. The highest BCUT2D eigenvalue weighted by Crippen LogP contribution is 2.34. The van der Waals surface area contributed by atoms with Gasteiger partial charge in [-0.1, -0.05) is 27.7 Å². The molecule has 0 saturated carbocycles. The number of urea groups is 1. The highest BCUT2D eigenvalue weighted by molar-refractivity contribution is 7.16. The lowest BCUT2D eigenvalue weighted by Crippen LogP contribution is -2.48. The predicted octanol–water partition coefficient (Wildman–Crippen LogP) is 3.27. The molecule has 0 radical (unpaired) electrons. The van der Waals surface area contributed by atoms with E-state index in [4.69, 9.17) is 9.47 Å². The van der Waals surface area contributed by atoms with Crippen molar-refractivity contribution >= 4 is 22.5 Å². The zero-order valence-electron chi connectivity index (χ0n) is 15.3. The SMILES string of the molecule is CCOCC1CN(C(=O)Nc2nc(CC)c(C(C)(C)C)s2)CCO1. The van der Waals surface area contributed by atoms with Crippen LogP contribution >= 0.6 is 11.3 Å². The van der Waals surface area contributed by atoms with E-state index in [2.05, 4.69) is 38.0 Å². The van der Waals surface area contributed by atoms with Crippen molar-refractivity contribution in [1.82, 2.24) is 9.88 Å². The van der Waals surface area contributed by atoms with Crippen LogP contribution in [0.25, 0.3) is 0 Å². The Labute approximate surface area is 148 Å². The van der Waals surface area contributed by atoms with Crippen molar-refractivity contribution in [2.75, 3.05) is 38.2 Å². The van der Waals surface area contributed by atoms with Crippen LogP contribution in [-0.4, -0.2) is 54.9 Å². The molecule has 2 rings (SSSR count). The molecule has 1 N–H and O–H groups in total. The molecule has 2 heterocycles. The molecule has 7 heteroatoms. The van der Waals surface area contributed by atoms with Gasteiger partial charge in [0.2, 0.25) is 0 Å². The fourth-order valence-electron chi connectivity index (χ4n) is 2.66. The van der Waals surface area contributed by atoms with E-state index in [1.54, 1.807) is 16.2 Å². The van der Waals surface area contributed by atoms with Crippen LogP contribution in [0.3, 0.4) is 0 Å². The van der Waals surface area contributed by atoms with E-state index < -0.39 is 0 Å². The van der Waals surface area contributed by atoms with Crippen molar-refractivity contribution in [2.24, 2.45) is 0 Å². The number of anilines is 1. The number of carbonyl (C=O) groups excluding carboxylic acids is 1. The number of amides is 2. The first kappa shape index (κ1) is 19.1. The molecule has 1 aromatic heterocycles. The van der Waals surface area contributed by atoms with Crippen molar-refractivity contribution in [3.63, 3.8) is 0 Å². The second-order valence-corrected chi connectivity index (χ2v) is 7.93. The van der Waals surface area contributed by atoms with Crippen LogP contribution < -0.4 is 5.32 Å². The molecular formula is C17H29N3O3S. The minimum Gasteiger partial charge on any atom is -0.379 e. The second kappa shape index (κ2) is 8.27. The van der Waals surface area contributed by atoms with E-state index in [-0.39, 0.29) is 17.6 Å². The summed E-state index contributed by atoms with van der Waals surface area (Å²) in [6, 6.07) is -0.114. The van der Waals surface area contributed by atoms with Gasteiger partial charge in [0, 0.05) is 18.0 Å². The Hall–Kier alpha value is -1.18. The van der Waals surface area contributed by atoms with Crippen molar-refractivity contribution in [1.29, 1.82) is 0 Å². The molecule has 1 aromatic rings. The number of ether oxygens (including phenoxy) is 2. The first-order chi connectivity index (χ1) is 11.3. The lowest BCUT2D eigenvalue weighted by Gasteiger charge is -2.32. The van der Waals surface area contributed by atoms with Gasteiger partial charge < -0.3 is 14.4 Å². The molecule has 1 fully saturated rings. The number of nitrogens with zero attached hydrogens (tertiary/aromatic N) is 2. The van der Waals surface area contributed by atoms with Gasteiger partial charge in [-0.25, -0.2) is 9.78 Å². The van der Waals surface area contributed by atoms with E-state index >= 15 is 0 Å². The molecule has 1 unspecified atom stereocenters. The predicted molar refractivity (Wildman–Crippen MR) is 97.0 cm³/mol. The molecular weight excluding hydrogens is 326 g/mol. The number of hydrogen-bond donors (Lipinski definition) is 1. The average Bonchev–Trinajstić information content (AvgIpc) is 2.96. The molecule has 24 heavy (non-hydrogen) atoms. The van der Waals surface area contributed by atoms with Gasteiger partial charge in [0.15, 0.2) is 5.13 Å². The van der Waals surface area contributed by atoms with Gasteiger partial charge in [-0.05, 0) is 18.8 Å². The standard InChI is InChI=1S/C17H29N3O3S/c1-6-13-14(17(3,4)5)24-15(18-13)19-16(21)20-8-9-23-12(10-20)11-22-7-2/h12H,6-11H2,1-5H3,(H,18,19,21). The summed E-state index contributed by atoms with van der Waals surface area (Å²) < 4.78 is 11.0. The van der Waals surface area contributed by atoms with Gasteiger partial charge in [-0.15, -0.1) is 11.3 Å². The molecule has 1 saturated heterocycles. The Morgan fingerprint density at radius 3 is 2.79 bits per heavy atom. The van der Waals surface area contributed by atoms with Gasteiger partial charge in [0.1, 0.15) is 0 Å². The molecule has 2 amide bonds. The second-order valence-electron chi connectivity index (χ2n) is 6.93. The molecule has 0 bridgehead atoms. The third-order valence-electron chi connectivity index (χ3n) is 3.86. The molecule has 0 spiro atoms.